The Kier molecular flexibility index (Phi) is 5.94. The van der Waals surface area contributed by atoms with Crippen LogP contribution in [0, 0.1) is 5.92 Å². The molecule has 1 amide bonds. The van der Waals surface area contributed by atoms with E-state index in [4.69, 9.17) is 4.74 Å². The van der Waals surface area contributed by atoms with Crippen molar-refractivity contribution in [3.8, 4) is 11.1 Å². The van der Waals surface area contributed by atoms with Gasteiger partial charge in [0.2, 0.25) is 0 Å². The lowest BCUT2D eigenvalue weighted by Crippen LogP contribution is -2.44. The van der Waals surface area contributed by atoms with Gasteiger partial charge in [0, 0.05) is 16.9 Å². The van der Waals surface area contributed by atoms with Gasteiger partial charge in [-0.3, -0.25) is 4.90 Å². The monoisotopic (exact) mass is 505 g/mol. The first kappa shape index (κ1) is 21.7. The summed E-state index contributed by atoms with van der Waals surface area (Å²) in [7, 11) is 0. The van der Waals surface area contributed by atoms with Crippen molar-refractivity contribution < 1.29 is 19.4 Å². The Balaban J connectivity index is 1.30. The van der Waals surface area contributed by atoms with E-state index in [0.29, 0.717) is 19.4 Å². The van der Waals surface area contributed by atoms with Crippen LogP contribution in [0.15, 0.2) is 77.3 Å². The molecular weight excluding hydrogens is 482 g/mol. The number of carboxylic acids is 1. The Morgan fingerprint density at radius 3 is 2.15 bits per heavy atom. The van der Waals surface area contributed by atoms with Gasteiger partial charge in [0.25, 0.3) is 0 Å². The minimum atomic E-state index is -0.983. The number of carbonyl (C=O) groups is 2. The summed E-state index contributed by atoms with van der Waals surface area (Å²) < 4.78 is 6.72. The normalized spacial score (nSPS) is 19.2. The molecular formula is C27H24BrNO4. The van der Waals surface area contributed by atoms with Crippen molar-refractivity contribution in [3.05, 3.63) is 94.0 Å². The molecule has 0 bridgehead atoms. The van der Waals surface area contributed by atoms with Crippen molar-refractivity contribution in [2.45, 2.75) is 24.8 Å². The zero-order valence-corrected chi connectivity index (χ0v) is 19.6. The predicted molar refractivity (Wildman–Crippen MR) is 129 cm³/mol. The maximum atomic E-state index is 13.0. The van der Waals surface area contributed by atoms with Crippen LogP contribution >= 0.6 is 15.9 Å². The van der Waals surface area contributed by atoms with Gasteiger partial charge in [-0.05, 0) is 58.7 Å². The van der Waals surface area contributed by atoms with Crippen LogP contribution in [0.25, 0.3) is 11.1 Å². The van der Waals surface area contributed by atoms with Crippen LogP contribution < -0.4 is 0 Å². The molecule has 3 aromatic rings. The second kappa shape index (κ2) is 9.02. The average molecular weight is 506 g/mol. The van der Waals surface area contributed by atoms with Crippen LogP contribution in [0.3, 0.4) is 0 Å². The molecule has 0 spiro atoms. The number of ether oxygens (including phenoxy) is 1. The third-order valence-electron chi connectivity index (χ3n) is 6.76. The highest BCUT2D eigenvalue weighted by Gasteiger charge is 2.43. The molecule has 168 valence electrons. The van der Waals surface area contributed by atoms with Crippen LogP contribution in [0.4, 0.5) is 4.79 Å². The fourth-order valence-electron chi connectivity index (χ4n) is 5.21. The molecule has 6 heteroatoms. The van der Waals surface area contributed by atoms with Crippen LogP contribution in [0.1, 0.15) is 29.0 Å². The minimum Gasteiger partial charge on any atom is -0.480 e. The standard InChI is InChI=1S/C27H24BrNO4/c28-19-11-9-17(10-12-19)15-18-13-14-29(25(18)26(30)31)27(32)33-16-24-22-7-3-1-5-20(22)21-6-2-4-8-23(21)24/h1-12,18,24-25H,13-16H2,(H,30,31)/t18-,25-/m1/s1. The van der Waals surface area contributed by atoms with Crippen LogP contribution in [0.5, 0.6) is 0 Å². The maximum absolute atomic E-state index is 13.0. The Labute approximate surface area is 201 Å². The second-order valence-corrected chi connectivity index (χ2v) is 9.58. The van der Waals surface area contributed by atoms with Gasteiger partial charge >= 0.3 is 12.1 Å². The van der Waals surface area contributed by atoms with Gasteiger partial charge in [-0.25, -0.2) is 9.59 Å². The lowest BCUT2D eigenvalue weighted by atomic mass is 9.92. The van der Waals surface area contributed by atoms with Gasteiger partial charge in [-0.15, -0.1) is 0 Å². The lowest BCUT2D eigenvalue weighted by Gasteiger charge is -2.25. The fraction of sp³-hybridized carbons (Fsp3) is 0.259. The second-order valence-electron chi connectivity index (χ2n) is 8.66. The number of rotatable bonds is 5. The molecule has 33 heavy (non-hydrogen) atoms. The molecule has 5 rings (SSSR count). The van der Waals surface area contributed by atoms with E-state index in [1.807, 2.05) is 48.5 Å². The molecule has 0 aromatic heterocycles. The average Bonchev–Trinajstić information content (AvgIpc) is 3.38. The molecule has 3 aromatic carbocycles. The number of hydrogen-bond donors (Lipinski definition) is 1. The van der Waals surface area contributed by atoms with Gasteiger partial charge in [0.1, 0.15) is 12.6 Å². The maximum Gasteiger partial charge on any atom is 0.410 e. The molecule has 1 aliphatic carbocycles. The van der Waals surface area contributed by atoms with E-state index in [0.717, 1.165) is 32.3 Å². The Morgan fingerprint density at radius 2 is 1.55 bits per heavy atom. The summed E-state index contributed by atoms with van der Waals surface area (Å²) in [4.78, 5) is 26.5. The van der Waals surface area contributed by atoms with E-state index in [1.54, 1.807) is 0 Å². The summed E-state index contributed by atoms with van der Waals surface area (Å²) in [5, 5.41) is 9.91. The first-order valence-electron chi connectivity index (χ1n) is 11.1. The fourth-order valence-corrected chi connectivity index (χ4v) is 5.47. The molecule has 1 saturated heterocycles. The van der Waals surface area contributed by atoms with Gasteiger partial charge < -0.3 is 9.84 Å². The first-order chi connectivity index (χ1) is 16.0. The topological polar surface area (TPSA) is 66.8 Å². The van der Waals surface area contributed by atoms with Gasteiger partial charge in [0.05, 0.1) is 0 Å². The smallest absolute Gasteiger partial charge is 0.410 e. The molecule has 1 fully saturated rings. The highest BCUT2D eigenvalue weighted by molar-refractivity contribution is 9.10. The van der Waals surface area contributed by atoms with Crippen LogP contribution in [-0.4, -0.2) is 41.3 Å². The molecule has 5 nitrogen and oxygen atoms in total. The molecule has 2 atom stereocenters. The summed E-state index contributed by atoms with van der Waals surface area (Å²) in [5.41, 5.74) is 5.65. The SMILES string of the molecule is O=C(O)[C@H]1[C@@H](Cc2ccc(Br)cc2)CCN1C(=O)OCC1c2ccccc2-c2ccccc21. The van der Waals surface area contributed by atoms with E-state index < -0.39 is 18.1 Å². The number of carbonyl (C=O) groups excluding carboxylic acids is 1. The largest absolute Gasteiger partial charge is 0.480 e. The molecule has 0 unspecified atom stereocenters. The summed E-state index contributed by atoms with van der Waals surface area (Å²) >= 11 is 3.42. The van der Waals surface area contributed by atoms with Crippen LogP contribution in [-0.2, 0) is 16.0 Å². The van der Waals surface area contributed by atoms with Crippen molar-refractivity contribution >= 4 is 28.0 Å². The number of nitrogens with zero attached hydrogens (tertiary/aromatic N) is 1. The Hall–Kier alpha value is -3.12. The number of carboxylic acid groups (broad SMARTS) is 1. The number of fused-ring (bicyclic) bond motifs is 3. The number of hydrogen-bond acceptors (Lipinski definition) is 3. The highest BCUT2D eigenvalue weighted by atomic mass is 79.9. The summed E-state index contributed by atoms with van der Waals surface area (Å²) in [6.07, 6.45) is 0.691. The van der Waals surface area contributed by atoms with Crippen molar-refractivity contribution in [2.24, 2.45) is 5.92 Å². The van der Waals surface area contributed by atoms with Gasteiger partial charge in [-0.2, -0.15) is 0 Å². The van der Waals surface area contributed by atoms with E-state index in [2.05, 4.69) is 40.2 Å². The third-order valence-corrected chi connectivity index (χ3v) is 7.29. The quantitative estimate of drug-likeness (QED) is 0.481. The van der Waals surface area contributed by atoms with E-state index in [9.17, 15) is 14.7 Å². The Morgan fingerprint density at radius 1 is 0.939 bits per heavy atom. The predicted octanol–water partition coefficient (Wildman–Crippen LogP) is 5.72. The molecule has 1 heterocycles. The van der Waals surface area contributed by atoms with Crippen molar-refractivity contribution in [1.82, 2.24) is 4.90 Å². The van der Waals surface area contributed by atoms with Gasteiger partial charge in [0.15, 0.2) is 0 Å². The van der Waals surface area contributed by atoms with Crippen molar-refractivity contribution in [2.75, 3.05) is 13.2 Å². The van der Waals surface area contributed by atoms with Crippen molar-refractivity contribution in [1.29, 1.82) is 0 Å². The number of aliphatic carboxylic acids is 1. The lowest BCUT2D eigenvalue weighted by molar-refractivity contribution is -0.143. The summed E-state index contributed by atoms with van der Waals surface area (Å²) in [5.74, 6) is -1.18. The minimum absolute atomic E-state index is 0.0502. The summed E-state index contributed by atoms with van der Waals surface area (Å²) in [6.45, 7) is 0.571. The number of amides is 1. The van der Waals surface area contributed by atoms with E-state index in [1.165, 1.54) is 4.90 Å². The Bertz CT molecular complexity index is 1150. The zero-order valence-electron chi connectivity index (χ0n) is 18.0. The molecule has 1 N–H and O–H groups in total. The van der Waals surface area contributed by atoms with E-state index in [-0.39, 0.29) is 18.4 Å². The number of benzene rings is 3. The molecule has 0 saturated carbocycles. The zero-order chi connectivity index (χ0) is 22.9. The number of halogens is 1. The summed E-state index contributed by atoms with van der Waals surface area (Å²) in [6, 6.07) is 23.3. The van der Waals surface area contributed by atoms with E-state index >= 15 is 0 Å². The third kappa shape index (κ3) is 4.15. The number of likely N-dealkylation sites (tertiary alicyclic amines) is 1. The highest BCUT2D eigenvalue weighted by Crippen LogP contribution is 2.44. The van der Waals surface area contributed by atoms with Crippen molar-refractivity contribution in [3.63, 3.8) is 0 Å². The van der Waals surface area contributed by atoms with Crippen LogP contribution in [0.2, 0.25) is 0 Å². The first-order valence-corrected chi connectivity index (χ1v) is 11.9. The molecule has 2 aliphatic rings. The van der Waals surface area contributed by atoms with Gasteiger partial charge in [-0.1, -0.05) is 76.6 Å². The molecule has 0 radical (unpaired) electrons. The molecule has 1 aliphatic heterocycles.